The van der Waals surface area contributed by atoms with Crippen LogP contribution in [0.1, 0.15) is 42.7 Å². The minimum Gasteiger partial charge on any atom is -0.494 e. The lowest BCUT2D eigenvalue weighted by Crippen LogP contribution is -1.99. The Hall–Kier alpha value is -0.210. The predicted molar refractivity (Wildman–Crippen MR) is 71.5 cm³/mol. The van der Waals surface area contributed by atoms with Gasteiger partial charge in [0.25, 0.3) is 0 Å². The van der Waals surface area contributed by atoms with Crippen LogP contribution in [0.5, 0.6) is 5.75 Å². The molecule has 0 heterocycles. The van der Waals surface area contributed by atoms with Crippen molar-refractivity contribution in [2.75, 3.05) is 6.61 Å². The molecule has 1 aromatic carbocycles. The van der Waals surface area contributed by atoms with Gasteiger partial charge in [-0.25, -0.2) is 0 Å². The topological polar surface area (TPSA) is 9.23 Å². The highest BCUT2D eigenvalue weighted by molar-refractivity contribution is 9.10. The average Bonchev–Trinajstić information content (AvgIpc) is 2.43. The summed E-state index contributed by atoms with van der Waals surface area (Å²) in [6, 6.07) is 4.16. The van der Waals surface area contributed by atoms with Gasteiger partial charge in [0.15, 0.2) is 0 Å². The molecule has 0 spiro atoms. The SMILES string of the molecule is CCOc1cc(Br)c2c(c1)C(Cl)CCCC2. The summed E-state index contributed by atoms with van der Waals surface area (Å²) in [5.74, 6) is 0.917. The third kappa shape index (κ3) is 2.54. The van der Waals surface area contributed by atoms with Crippen LogP contribution in [0, 0.1) is 0 Å². The van der Waals surface area contributed by atoms with Gasteiger partial charge in [-0.05, 0) is 49.4 Å². The summed E-state index contributed by atoms with van der Waals surface area (Å²) in [6.07, 6.45) is 4.62. The molecule has 1 aliphatic carbocycles. The number of hydrogen-bond acceptors (Lipinski definition) is 1. The zero-order valence-electron chi connectivity index (χ0n) is 9.43. The first-order valence-electron chi connectivity index (χ1n) is 5.81. The minimum atomic E-state index is 0.134. The van der Waals surface area contributed by atoms with Crippen LogP contribution in [0.15, 0.2) is 16.6 Å². The molecule has 3 heteroatoms. The van der Waals surface area contributed by atoms with Crippen LogP contribution < -0.4 is 4.74 Å². The van der Waals surface area contributed by atoms with E-state index in [1.807, 2.05) is 6.92 Å². The molecule has 0 amide bonds. The normalized spacial score (nSPS) is 20.1. The summed E-state index contributed by atoms with van der Waals surface area (Å²) in [4.78, 5) is 0. The second kappa shape index (κ2) is 5.42. The molecule has 0 saturated carbocycles. The van der Waals surface area contributed by atoms with Crippen molar-refractivity contribution < 1.29 is 4.74 Å². The number of alkyl halides is 1. The summed E-state index contributed by atoms with van der Waals surface area (Å²) in [6.45, 7) is 2.69. The van der Waals surface area contributed by atoms with Gasteiger partial charge in [0.1, 0.15) is 5.75 Å². The smallest absolute Gasteiger partial charge is 0.120 e. The van der Waals surface area contributed by atoms with Crippen LogP contribution in [-0.2, 0) is 6.42 Å². The monoisotopic (exact) mass is 302 g/mol. The second-order valence-electron chi connectivity index (χ2n) is 4.12. The summed E-state index contributed by atoms with van der Waals surface area (Å²) in [5, 5.41) is 0.134. The fraction of sp³-hybridized carbons (Fsp3) is 0.538. The van der Waals surface area contributed by atoms with Gasteiger partial charge < -0.3 is 4.74 Å². The van der Waals surface area contributed by atoms with Crippen LogP contribution in [0.4, 0.5) is 0 Å². The Morgan fingerprint density at radius 1 is 1.44 bits per heavy atom. The van der Waals surface area contributed by atoms with E-state index in [1.165, 1.54) is 24.0 Å². The van der Waals surface area contributed by atoms with E-state index in [0.717, 1.165) is 23.1 Å². The van der Waals surface area contributed by atoms with Crippen molar-refractivity contribution in [1.82, 2.24) is 0 Å². The van der Waals surface area contributed by atoms with Gasteiger partial charge in [0, 0.05) is 4.47 Å². The highest BCUT2D eigenvalue weighted by Crippen LogP contribution is 2.39. The van der Waals surface area contributed by atoms with E-state index in [0.29, 0.717) is 6.61 Å². The maximum Gasteiger partial charge on any atom is 0.120 e. The number of halogens is 2. The zero-order chi connectivity index (χ0) is 11.5. The molecule has 2 rings (SSSR count). The van der Waals surface area contributed by atoms with E-state index in [-0.39, 0.29) is 5.38 Å². The van der Waals surface area contributed by atoms with E-state index in [1.54, 1.807) is 0 Å². The second-order valence-corrected chi connectivity index (χ2v) is 5.50. The van der Waals surface area contributed by atoms with Crippen molar-refractivity contribution in [3.8, 4) is 5.75 Å². The highest BCUT2D eigenvalue weighted by atomic mass is 79.9. The average molecular weight is 304 g/mol. The molecular weight excluding hydrogens is 287 g/mol. The molecule has 0 bridgehead atoms. The fourth-order valence-corrected chi connectivity index (χ4v) is 3.21. The van der Waals surface area contributed by atoms with Crippen molar-refractivity contribution in [1.29, 1.82) is 0 Å². The molecule has 1 unspecified atom stereocenters. The van der Waals surface area contributed by atoms with Gasteiger partial charge in [-0.3, -0.25) is 0 Å². The predicted octanol–water partition coefficient (Wildman–Crippen LogP) is 4.85. The number of ether oxygens (including phenoxy) is 1. The van der Waals surface area contributed by atoms with Crippen LogP contribution in [0.2, 0.25) is 0 Å². The van der Waals surface area contributed by atoms with Crippen molar-refractivity contribution in [3.63, 3.8) is 0 Å². The standard InChI is InChI=1S/C13H16BrClO/c1-2-16-9-7-11-10(12(14)8-9)5-3-4-6-13(11)15/h7-8,13H,2-6H2,1H3. The summed E-state index contributed by atoms with van der Waals surface area (Å²) in [5.41, 5.74) is 2.61. The van der Waals surface area contributed by atoms with Gasteiger partial charge in [-0.2, -0.15) is 0 Å². The number of fused-ring (bicyclic) bond motifs is 1. The molecule has 0 aromatic heterocycles. The van der Waals surface area contributed by atoms with Crippen LogP contribution in [0.3, 0.4) is 0 Å². The first kappa shape index (κ1) is 12.3. The highest BCUT2D eigenvalue weighted by Gasteiger charge is 2.19. The molecule has 1 aromatic rings. The Morgan fingerprint density at radius 2 is 2.25 bits per heavy atom. The van der Waals surface area contributed by atoms with Gasteiger partial charge in [0.05, 0.1) is 12.0 Å². The van der Waals surface area contributed by atoms with Crippen LogP contribution in [0.25, 0.3) is 0 Å². The van der Waals surface area contributed by atoms with Crippen molar-refractivity contribution in [2.45, 2.75) is 38.0 Å². The van der Waals surface area contributed by atoms with Crippen LogP contribution >= 0.6 is 27.5 Å². The number of benzene rings is 1. The van der Waals surface area contributed by atoms with E-state index in [9.17, 15) is 0 Å². The van der Waals surface area contributed by atoms with E-state index >= 15 is 0 Å². The van der Waals surface area contributed by atoms with Gasteiger partial charge in [0.2, 0.25) is 0 Å². The molecule has 88 valence electrons. The van der Waals surface area contributed by atoms with Crippen molar-refractivity contribution >= 4 is 27.5 Å². The molecule has 0 fully saturated rings. The molecule has 0 aliphatic heterocycles. The van der Waals surface area contributed by atoms with Crippen molar-refractivity contribution in [3.05, 3.63) is 27.7 Å². The summed E-state index contributed by atoms with van der Waals surface area (Å²) >= 11 is 10.0. The lowest BCUT2D eigenvalue weighted by atomic mass is 10.0. The number of hydrogen-bond donors (Lipinski definition) is 0. The molecule has 0 saturated heterocycles. The van der Waals surface area contributed by atoms with E-state index < -0.39 is 0 Å². The Kier molecular flexibility index (Phi) is 4.15. The third-order valence-corrected chi connectivity index (χ3v) is 4.15. The summed E-state index contributed by atoms with van der Waals surface area (Å²) < 4.78 is 6.69. The third-order valence-electron chi connectivity index (χ3n) is 2.99. The molecule has 0 radical (unpaired) electrons. The Labute approximate surface area is 110 Å². The molecule has 1 atom stereocenters. The largest absolute Gasteiger partial charge is 0.494 e. The van der Waals surface area contributed by atoms with E-state index in [2.05, 4.69) is 28.1 Å². The van der Waals surface area contributed by atoms with Crippen LogP contribution in [-0.4, -0.2) is 6.61 Å². The molecular formula is C13H16BrClO. The Balaban J connectivity index is 2.42. The number of rotatable bonds is 2. The fourth-order valence-electron chi connectivity index (χ4n) is 2.21. The Bertz CT molecular complexity index is 378. The lowest BCUT2D eigenvalue weighted by Gasteiger charge is -2.15. The summed E-state index contributed by atoms with van der Waals surface area (Å²) in [7, 11) is 0. The quantitative estimate of drug-likeness (QED) is 0.560. The molecule has 0 N–H and O–H groups in total. The van der Waals surface area contributed by atoms with E-state index in [4.69, 9.17) is 16.3 Å². The molecule has 1 nitrogen and oxygen atoms in total. The Morgan fingerprint density at radius 3 is 3.00 bits per heavy atom. The molecule has 1 aliphatic rings. The van der Waals surface area contributed by atoms with Gasteiger partial charge in [-0.1, -0.05) is 22.4 Å². The van der Waals surface area contributed by atoms with Crippen molar-refractivity contribution in [2.24, 2.45) is 0 Å². The minimum absolute atomic E-state index is 0.134. The molecule has 16 heavy (non-hydrogen) atoms. The first-order valence-corrected chi connectivity index (χ1v) is 7.04. The zero-order valence-corrected chi connectivity index (χ0v) is 11.8. The maximum atomic E-state index is 6.42. The first-order chi connectivity index (χ1) is 7.72. The maximum absolute atomic E-state index is 6.42. The lowest BCUT2D eigenvalue weighted by molar-refractivity contribution is 0.339. The van der Waals surface area contributed by atoms with Gasteiger partial charge in [-0.15, -0.1) is 11.6 Å². The van der Waals surface area contributed by atoms with Gasteiger partial charge >= 0.3 is 0 Å².